The average Bonchev–Trinajstić information content (AvgIpc) is 2.80. The largest absolute Gasteiger partial charge is 0.497 e. The lowest BCUT2D eigenvalue weighted by Gasteiger charge is -2.28. The van der Waals surface area contributed by atoms with Crippen LogP contribution in [-0.2, 0) is 4.79 Å². The quantitative estimate of drug-likeness (QED) is 0.517. The molecule has 2 aromatic carbocycles. The number of carboxylic acids is 1. The maximum absolute atomic E-state index is 10.9. The Balaban J connectivity index is 1.36. The van der Waals surface area contributed by atoms with Gasteiger partial charge in [0.15, 0.2) is 5.82 Å². The van der Waals surface area contributed by atoms with Gasteiger partial charge in [0.1, 0.15) is 5.75 Å². The van der Waals surface area contributed by atoms with E-state index in [-0.39, 0.29) is 0 Å². The van der Waals surface area contributed by atoms with E-state index in [1.807, 2.05) is 36.4 Å². The predicted octanol–water partition coefficient (Wildman–Crippen LogP) is 5.64. The van der Waals surface area contributed by atoms with Crippen molar-refractivity contribution in [2.75, 3.05) is 12.4 Å². The number of aliphatic carboxylic acids is 1. The molecule has 3 aromatic rings. The summed E-state index contributed by atoms with van der Waals surface area (Å²) < 4.78 is 5.17. The van der Waals surface area contributed by atoms with Gasteiger partial charge in [0.2, 0.25) is 0 Å². The van der Waals surface area contributed by atoms with E-state index < -0.39 is 5.97 Å². The van der Waals surface area contributed by atoms with Crippen molar-refractivity contribution in [1.82, 2.24) is 10.2 Å². The maximum Gasteiger partial charge on any atom is 0.303 e. The molecule has 1 saturated carbocycles. The Morgan fingerprint density at radius 2 is 1.68 bits per heavy atom. The van der Waals surface area contributed by atoms with Crippen LogP contribution < -0.4 is 10.1 Å². The number of rotatable bonds is 7. The number of benzene rings is 2. The zero-order chi connectivity index (χ0) is 21.6. The van der Waals surface area contributed by atoms with E-state index in [2.05, 4.69) is 39.8 Å². The maximum atomic E-state index is 10.9. The molecule has 160 valence electrons. The fraction of sp³-hybridized carbons (Fsp3) is 0.320. The van der Waals surface area contributed by atoms with Crippen LogP contribution in [0.25, 0.3) is 11.3 Å². The molecular weight excluding hydrogens is 390 g/mol. The number of nitrogens with one attached hydrogen (secondary N) is 1. The molecule has 0 spiro atoms. The highest BCUT2D eigenvalue weighted by molar-refractivity contribution is 5.67. The van der Waals surface area contributed by atoms with Gasteiger partial charge in [-0.2, -0.15) is 0 Å². The van der Waals surface area contributed by atoms with Crippen molar-refractivity contribution in [2.45, 2.75) is 38.0 Å². The van der Waals surface area contributed by atoms with Crippen molar-refractivity contribution >= 4 is 17.5 Å². The Hall–Kier alpha value is -3.41. The molecule has 0 radical (unpaired) electrons. The Bertz CT molecular complexity index is 994. The third-order valence-electron chi connectivity index (χ3n) is 6.01. The second-order valence-electron chi connectivity index (χ2n) is 8.09. The molecule has 0 unspecified atom stereocenters. The van der Waals surface area contributed by atoms with Crippen LogP contribution in [0.4, 0.5) is 11.5 Å². The van der Waals surface area contributed by atoms with Crippen molar-refractivity contribution in [2.24, 2.45) is 5.92 Å². The summed E-state index contributed by atoms with van der Waals surface area (Å²) in [7, 11) is 1.64. The van der Waals surface area contributed by atoms with E-state index in [1.54, 1.807) is 7.11 Å². The Kier molecular flexibility index (Phi) is 6.46. The molecular formula is C25H27N3O3. The van der Waals surface area contributed by atoms with Gasteiger partial charge in [-0.3, -0.25) is 4.79 Å². The first kappa shape index (κ1) is 20.8. The molecule has 0 atom stereocenters. The highest BCUT2D eigenvalue weighted by Gasteiger charge is 2.23. The van der Waals surface area contributed by atoms with Crippen molar-refractivity contribution in [3.63, 3.8) is 0 Å². The summed E-state index contributed by atoms with van der Waals surface area (Å²) in [5.74, 6) is 1.65. The van der Waals surface area contributed by atoms with Gasteiger partial charge < -0.3 is 15.2 Å². The van der Waals surface area contributed by atoms with E-state index in [4.69, 9.17) is 9.84 Å². The first-order valence-electron chi connectivity index (χ1n) is 10.7. The minimum absolute atomic E-state index is 0.299. The number of ether oxygens (including phenoxy) is 1. The number of carboxylic acid groups (broad SMARTS) is 1. The second kappa shape index (κ2) is 9.60. The van der Waals surface area contributed by atoms with E-state index in [9.17, 15) is 4.79 Å². The Labute approximate surface area is 182 Å². The van der Waals surface area contributed by atoms with Crippen LogP contribution in [0.2, 0.25) is 0 Å². The topological polar surface area (TPSA) is 84.3 Å². The molecule has 1 fully saturated rings. The standard InChI is InChI=1S/C25H27N3O3/c1-31-22-12-10-21(11-13-22)26-24-15-14-23(27-28-24)20-8-6-19(7-9-20)18-4-2-17(3-5-18)16-25(29)30/h6-15,17-18H,2-5,16H2,1H3,(H,26,28)(H,29,30). The van der Waals surface area contributed by atoms with Gasteiger partial charge in [-0.25, -0.2) is 0 Å². The molecule has 1 aromatic heterocycles. The summed E-state index contributed by atoms with van der Waals surface area (Å²) in [6.07, 6.45) is 4.40. The monoisotopic (exact) mass is 417 g/mol. The minimum atomic E-state index is -0.681. The Morgan fingerprint density at radius 1 is 0.968 bits per heavy atom. The molecule has 6 nitrogen and oxygen atoms in total. The van der Waals surface area contributed by atoms with Gasteiger partial charge in [-0.15, -0.1) is 10.2 Å². The van der Waals surface area contributed by atoms with Gasteiger partial charge in [-0.1, -0.05) is 24.3 Å². The summed E-state index contributed by atoms with van der Waals surface area (Å²) in [6, 6.07) is 20.1. The van der Waals surface area contributed by atoms with Gasteiger partial charge in [-0.05, 0) is 79.5 Å². The normalized spacial score (nSPS) is 18.4. The van der Waals surface area contributed by atoms with Gasteiger partial charge in [0.05, 0.1) is 12.8 Å². The summed E-state index contributed by atoms with van der Waals surface area (Å²) in [5.41, 5.74) is 4.11. The molecule has 1 aliphatic carbocycles. The van der Waals surface area contributed by atoms with Crippen LogP contribution >= 0.6 is 0 Å². The molecule has 6 heteroatoms. The first-order chi connectivity index (χ1) is 15.1. The summed E-state index contributed by atoms with van der Waals surface area (Å²) in [5, 5.41) is 20.9. The smallest absolute Gasteiger partial charge is 0.303 e. The van der Waals surface area contributed by atoms with Crippen LogP contribution in [0.15, 0.2) is 60.7 Å². The molecule has 0 saturated heterocycles. The van der Waals surface area contributed by atoms with Crippen molar-refractivity contribution in [1.29, 1.82) is 0 Å². The molecule has 0 bridgehead atoms. The van der Waals surface area contributed by atoms with E-state index in [1.165, 1.54) is 5.56 Å². The molecule has 1 aliphatic rings. The highest BCUT2D eigenvalue weighted by Crippen LogP contribution is 2.37. The lowest BCUT2D eigenvalue weighted by Crippen LogP contribution is -2.16. The lowest BCUT2D eigenvalue weighted by molar-refractivity contribution is -0.138. The van der Waals surface area contributed by atoms with Crippen LogP contribution in [0.1, 0.15) is 43.6 Å². The number of anilines is 2. The Morgan fingerprint density at radius 3 is 2.26 bits per heavy atom. The number of hydrogen-bond donors (Lipinski definition) is 2. The van der Waals surface area contributed by atoms with Gasteiger partial charge >= 0.3 is 5.97 Å². The van der Waals surface area contributed by atoms with E-state index in [0.717, 1.165) is 48.4 Å². The molecule has 0 amide bonds. The summed E-state index contributed by atoms with van der Waals surface area (Å²) in [4.78, 5) is 10.9. The van der Waals surface area contributed by atoms with Crippen LogP contribution in [-0.4, -0.2) is 28.4 Å². The predicted molar refractivity (Wildman–Crippen MR) is 121 cm³/mol. The molecule has 4 rings (SSSR count). The van der Waals surface area contributed by atoms with Crippen LogP contribution in [0.3, 0.4) is 0 Å². The van der Waals surface area contributed by atoms with Crippen LogP contribution in [0.5, 0.6) is 5.75 Å². The lowest BCUT2D eigenvalue weighted by atomic mass is 9.77. The molecule has 0 aliphatic heterocycles. The minimum Gasteiger partial charge on any atom is -0.497 e. The number of aromatic nitrogens is 2. The summed E-state index contributed by atoms with van der Waals surface area (Å²) in [6.45, 7) is 0. The highest BCUT2D eigenvalue weighted by atomic mass is 16.5. The fourth-order valence-electron chi connectivity index (χ4n) is 4.25. The average molecular weight is 418 g/mol. The zero-order valence-corrected chi connectivity index (χ0v) is 17.6. The van der Waals surface area contributed by atoms with E-state index >= 15 is 0 Å². The van der Waals surface area contributed by atoms with Crippen LogP contribution in [0, 0.1) is 5.92 Å². The van der Waals surface area contributed by atoms with E-state index in [0.29, 0.717) is 24.1 Å². The zero-order valence-electron chi connectivity index (χ0n) is 17.6. The number of methoxy groups -OCH3 is 1. The van der Waals surface area contributed by atoms with Gasteiger partial charge in [0, 0.05) is 17.7 Å². The van der Waals surface area contributed by atoms with Crippen molar-refractivity contribution in [3.05, 3.63) is 66.2 Å². The molecule has 31 heavy (non-hydrogen) atoms. The number of carbonyl (C=O) groups is 1. The first-order valence-corrected chi connectivity index (χ1v) is 10.7. The number of hydrogen-bond acceptors (Lipinski definition) is 5. The second-order valence-corrected chi connectivity index (χ2v) is 8.09. The summed E-state index contributed by atoms with van der Waals surface area (Å²) >= 11 is 0. The molecule has 1 heterocycles. The SMILES string of the molecule is COc1ccc(Nc2ccc(-c3ccc(C4CCC(CC(=O)O)CC4)cc3)nn2)cc1. The molecule has 2 N–H and O–H groups in total. The number of nitrogens with zero attached hydrogens (tertiary/aromatic N) is 2. The van der Waals surface area contributed by atoms with Gasteiger partial charge in [0.25, 0.3) is 0 Å². The fourth-order valence-corrected chi connectivity index (χ4v) is 4.25. The third kappa shape index (κ3) is 5.40. The van der Waals surface area contributed by atoms with Crippen molar-refractivity contribution in [3.8, 4) is 17.0 Å². The van der Waals surface area contributed by atoms with Crippen molar-refractivity contribution < 1.29 is 14.6 Å². The third-order valence-corrected chi connectivity index (χ3v) is 6.01.